The van der Waals surface area contributed by atoms with Crippen LogP contribution in [-0.2, 0) is 50.1 Å². The van der Waals surface area contributed by atoms with Crippen LogP contribution in [0.3, 0.4) is 0 Å². The van der Waals surface area contributed by atoms with Gasteiger partial charge >= 0.3 is 0 Å². The van der Waals surface area contributed by atoms with Crippen molar-refractivity contribution >= 4 is 61.0 Å². The van der Waals surface area contributed by atoms with Crippen LogP contribution in [0.15, 0.2) is 45.6 Å². The zero-order chi connectivity index (χ0) is 23.8. The fourth-order valence-corrected chi connectivity index (χ4v) is 3.31. The quantitative estimate of drug-likeness (QED) is 0.292. The van der Waals surface area contributed by atoms with Crippen LogP contribution in [0.2, 0.25) is 5.02 Å². The number of amides is 2. The van der Waals surface area contributed by atoms with E-state index < -0.39 is 11.8 Å². The monoisotopic (exact) mass is 723 g/mol. The van der Waals surface area contributed by atoms with Crippen LogP contribution in [0.5, 0.6) is 0 Å². The second-order valence-corrected chi connectivity index (χ2v) is 8.24. The third-order valence-corrected chi connectivity index (χ3v) is 4.96. The molecule has 2 heterocycles. The molecular formula is C20H19Br2ClCrN7O2Y-3. The second kappa shape index (κ2) is 16.1. The van der Waals surface area contributed by atoms with E-state index in [1.165, 1.54) is 29.9 Å². The van der Waals surface area contributed by atoms with Crippen molar-refractivity contribution in [1.29, 1.82) is 0 Å². The summed E-state index contributed by atoms with van der Waals surface area (Å²) in [6.07, 6.45) is 1.54. The first-order valence-electron chi connectivity index (χ1n) is 8.98. The molecule has 179 valence electrons. The summed E-state index contributed by atoms with van der Waals surface area (Å²) in [5.41, 5.74) is 4.43. The molecule has 34 heavy (non-hydrogen) atoms. The Morgan fingerprint density at radius 3 is 2.47 bits per heavy atom. The maximum absolute atomic E-state index is 13.0. The van der Waals surface area contributed by atoms with E-state index in [2.05, 4.69) is 64.1 Å². The standard InChI is InChI=1S/C18H13Br2ClN6O2.C2H6N.Cr.Y/c1-22-26(2)18(29)11-8-10(19)5-6-13(11)24-17(28)14-9-15(20)25-27(14)16-12(21)4-3-7-23-16;1-3-2;;/h3-5,7-9H,1-2H3,(H,24,28);1-2H3;;/q-2;-1;;. The number of carbonyl (C=O) groups excluding carboxylic acids is 2. The number of hydrogen-bond acceptors (Lipinski definition) is 4. The van der Waals surface area contributed by atoms with Gasteiger partial charge in [-0.1, -0.05) is 21.8 Å². The summed E-state index contributed by atoms with van der Waals surface area (Å²) in [4.78, 5) is 29.8. The average Bonchev–Trinajstić information content (AvgIpc) is 3.16. The number of anilines is 1. The minimum atomic E-state index is -0.520. The number of nitrogens with zero attached hydrogens (tertiary/aromatic N) is 6. The fraction of sp³-hybridized carbons (Fsp3) is 0.200. The van der Waals surface area contributed by atoms with Gasteiger partial charge < -0.3 is 21.1 Å². The van der Waals surface area contributed by atoms with Crippen molar-refractivity contribution in [1.82, 2.24) is 19.8 Å². The first-order chi connectivity index (χ1) is 15.2. The first kappa shape index (κ1) is 33.3. The van der Waals surface area contributed by atoms with Crippen molar-refractivity contribution in [2.24, 2.45) is 0 Å². The molecule has 1 aromatic carbocycles. The molecule has 0 aliphatic rings. The van der Waals surface area contributed by atoms with Gasteiger partial charge in [-0.15, -0.1) is 29.0 Å². The Morgan fingerprint density at radius 1 is 1.24 bits per heavy atom. The van der Waals surface area contributed by atoms with E-state index >= 15 is 0 Å². The Labute approximate surface area is 256 Å². The molecule has 0 spiro atoms. The summed E-state index contributed by atoms with van der Waals surface area (Å²) in [6, 6.07) is 10.9. The summed E-state index contributed by atoms with van der Waals surface area (Å²) in [7, 11) is 6.51. The molecule has 1 N–H and O–H groups in total. The molecule has 0 aliphatic heterocycles. The summed E-state index contributed by atoms with van der Waals surface area (Å²) in [5, 5.41) is 11.9. The Balaban J connectivity index is 0.00000207. The Bertz CT molecular complexity index is 1120. The molecule has 1 radical (unpaired) electrons. The van der Waals surface area contributed by atoms with E-state index in [9.17, 15) is 9.59 Å². The summed E-state index contributed by atoms with van der Waals surface area (Å²) in [5.74, 6) is -0.623. The van der Waals surface area contributed by atoms with Crippen LogP contribution in [0.25, 0.3) is 16.6 Å². The van der Waals surface area contributed by atoms with Gasteiger partial charge in [0.15, 0.2) is 11.7 Å². The second-order valence-electron chi connectivity index (χ2n) is 6.11. The van der Waals surface area contributed by atoms with Crippen molar-refractivity contribution in [3.05, 3.63) is 78.7 Å². The van der Waals surface area contributed by atoms with E-state index in [0.29, 0.717) is 19.9 Å². The molecule has 0 saturated heterocycles. The van der Waals surface area contributed by atoms with Crippen LogP contribution in [0.1, 0.15) is 20.8 Å². The fourth-order valence-electron chi connectivity index (χ4n) is 2.39. The normalized spacial score (nSPS) is 9.62. The molecule has 3 rings (SSSR count). The Hall–Kier alpha value is -0.674. The first-order valence-corrected chi connectivity index (χ1v) is 10.9. The Morgan fingerprint density at radius 2 is 1.88 bits per heavy atom. The number of rotatable bonds is 5. The van der Waals surface area contributed by atoms with E-state index in [1.807, 2.05) is 0 Å². The molecule has 0 saturated carbocycles. The molecule has 0 aliphatic carbocycles. The largest absolute Gasteiger partial charge is 0.668 e. The van der Waals surface area contributed by atoms with Gasteiger partial charge in [-0.2, -0.15) is 31.3 Å². The topological polar surface area (TPSA) is 108 Å². The maximum Gasteiger partial charge on any atom is 0.272 e. The van der Waals surface area contributed by atoms with E-state index in [4.69, 9.17) is 11.6 Å². The predicted octanol–water partition coefficient (Wildman–Crippen LogP) is 5.10. The van der Waals surface area contributed by atoms with Crippen LogP contribution in [0, 0.1) is 6.07 Å². The average molecular weight is 726 g/mol. The van der Waals surface area contributed by atoms with Gasteiger partial charge in [-0.05, 0) is 40.7 Å². The van der Waals surface area contributed by atoms with Crippen LogP contribution in [-0.4, -0.2) is 59.8 Å². The molecule has 2 aromatic heterocycles. The summed E-state index contributed by atoms with van der Waals surface area (Å²) in [6.45, 7) is 0. The SMILES string of the molecule is C[N-]C.C[N-]N(C)C(=O)c1cc(Br)c[c-]c1NC(=O)c1cc(Br)nn1-c1ncccc1Cl.[Cr].[Y]. The zero-order valence-corrected chi connectivity index (χ0v) is 26.6. The van der Waals surface area contributed by atoms with Gasteiger partial charge in [-0.25, -0.2) is 9.67 Å². The van der Waals surface area contributed by atoms with E-state index in [-0.39, 0.29) is 67.0 Å². The van der Waals surface area contributed by atoms with Gasteiger partial charge in [0.1, 0.15) is 10.3 Å². The number of nitrogens with one attached hydrogen (secondary N) is 1. The molecule has 0 unspecified atom stereocenters. The number of carbonyl (C=O) groups is 2. The van der Waals surface area contributed by atoms with Gasteiger partial charge in [0.2, 0.25) is 0 Å². The van der Waals surface area contributed by atoms with Gasteiger partial charge in [0.25, 0.3) is 5.91 Å². The number of pyridine rings is 1. The van der Waals surface area contributed by atoms with E-state index in [1.54, 1.807) is 44.6 Å². The summed E-state index contributed by atoms with van der Waals surface area (Å²) >= 11 is 12.8. The molecule has 0 bridgehead atoms. The van der Waals surface area contributed by atoms with Crippen molar-refractivity contribution < 1.29 is 59.7 Å². The van der Waals surface area contributed by atoms with Crippen molar-refractivity contribution in [2.75, 3.05) is 33.5 Å². The number of halogens is 3. The molecule has 2 amide bonds. The van der Waals surface area contributed by atoms with Crippen molar-refractivity contribution in [3.63, 3.8) is 0 Å². The zero-order valence-electron chi connectivity index (χ0n) is 18.6. The molecular weight excluding hydrogens is 706 g/mol. The third kappa shape index (κ3) is 8.77. The van der Waals surface area contributed by atoms with Crippen LogP contribution < -0.4 is 5.32 Å². The summed E-state index contributed by atoms with van der Waals surface area (Å²) < 4.78 is 2.37. The van der Waals surface area contributed by atoms with Crippen LogP contribution >= 0.6 is 43.5 Å². The molecule has 9 nitrogen and oxygen atoms in total. The maximum atomic E-state index is 13.0. The predicted molar refractivity (Wildman–Crippen MR) is 132 cm³/mol. The molecule has 3 aromatic rings. The molecule has 14 heteroatoms. The Kier molecular flexibility index (Phi) is 15.8. The molecule has 0 atom stereocenters. The van der Waals surface area contributed by atoms with Crippen LogP contribution in [0.4, 0.5) is 5.69 Å². The smallest absolute Gasteiger partial charge is 0.272 e. The number of hydrogen-bond donors (Lipinski definition) is 1. The van der Waals surface area contributed by atoms with Gasteiger partial charge in [0.05, 0.1) is 5.02 Å². The van der Waals surface area contributed by atoms with Crippen molar-refractivity contribution in [2.45, 2.75) is 0 Å². The van der Waals surface area contributed by atoms with Crippen molar-refractivity contribution in [3.8, 4) is 5.82 Å². The minimum absolute atomic E-state index is 0. The van der Waals surface area contributed by atoms with Gasteiger partial charge in [-0.3, -0.25) is 9.59 Å². The molecule has 0 fully saturated rings. The third-order valence-electron chi connectivity index (χ3n) is 3.82. The minimum Gasteiger partial charge on any atom is -0.668 e. The van der Waals surface area contributed by atoms with E-state index in [0.717, 1.165) is 0 Å². The number of aromatic nitrogens is 3. The van der Waals surface area contributed by atoms with Gasteiger partial charge in [0, 0.05) is 62.3 Å². The number of benzene rings is 1.